The number of ether oxygens (including phenoxy) is 1. The highest BCUT2D eigenvalue weighted by Crippen LogP contribution is 2.52. The number of fused-ring (bicyclic) bond motifs is 3. The molecule has 0 aromatic heterocycles. The molecule has 7 atom stereocenters. The topological polar surface area (TPSA) is 176 Å². The number of methoxy groups -OCH3 is 1. The molecule has 5 N–H and O–H groups in total. The number of carbonyl (C=O) groups excluding carboxylic acids is 5. The maximum Gasteiger partial charge on any atom is 0.235 e. The number of aromatic hydroxyl groups is 1. The van der Waals surface area contributed by atoms with E-state index in [9.17, 15) is 34.2 Å². The zero-order valence-corrected chi connectivity index (χ0v) is 24.0. The Morgan fingerprint density at radius 1 is 1.23 bits per heavy atom. The van der Waals surface area contributed by atoms with Crippen LogP contribution in [0.2, 0.25) is 0 Å². The molecule has 1 aromatic rings. The molecule has 40 heavy (non-hydrogen) atoms. The summed E-state index contributed by atoms with van der Waals surface area (Å²) in [6.45, 7) is 8.69. The van der Waals surface area contributed by atoms with E-state index in [0.29, 0.717) is 23.4 Å². The Balaban J connectivity index is 1.80. The number of likely N-dealkylation sites (N-methyl/N-ethyl adjacent to an activating group) is 1. The number of carbonyl (C=O) groups is 5. The molecule has 0 saturated heterocycles. The number of nitrogens with zero attached hydrogens (tertiary/aromatic N) is 1. The summed E-state index contributed by atoms with van der Waals surface area (Å²) in [4.78, 5) is 67.9. The lowest BCUT2D eigenvalue weighted by atomic mass is 9.52. The molecule has 218 valence electrons. The van der Waals surface area contributed by atoms with E-state index in [-0.39, 0.29) is 35.6 Å². The number of ketones is 4. The maximum absolute atomic E-state index is 13.9. The van der Waals surface area contributed by atoms with Gasteiger partial charge in [-0.15, -0.1) is 0 Å². The molecule has 4 rings (SSSR count). The Labute approximate surface area is 233 Å². The van der Waals surface area contributed by atoms with Gasteiger partial charge < -0.3 is 26.0 Å². The van der Waals surface area contributed by atoms with Crippen molar-refractivity contribution >= 4 is 29.0 Å². The van der Waals surface area contributed by atoms with Gasteiger partial charge in [0, 0.05) is 29.6 Å². The molecule has 1 amide bonds. The van der Waals surface area contributed by atoms with E-state index in [4.69, 9.17) is 10.5 Å². The number of hydrogen-bond donors (Lipinski definition) is 4. The predicted molar refractivity (Wildman–Crippen MR) is 144 cm³/mol. The minimum Gasteiger partial charge on any atom is -0.507 e. The third kappa shape index (κ3) is 4.35. The number of rotatable bonds is 6. The van der Waals surface area contributed by atoms with Crippen molar-refractivity contribution in [3.8, 4) is 11.5 Å². The van der Waals surface area contributed by atoms with E-state index in [2.05, 4.69) is 26.1 Å². The Morgan fingerprint density at radius 2 is 1.85 bits per heavy atom. The molecule has 11 nitrogen and oxygen atoms in total. The number of nitrogens with two attached hydrogens (primary N) is 1. The van der Waals surface area contributed by atoms with E-state index >= 15 is 0 Å². The highest BCUT2D eigenvalue weighted by Gasteiger charge is 2.69. The number of primary amides is 1. The molecule has 0 heterocycles. The third-order valence-electron chi connectivity index (χ3n) is 9.19. The molecule has 0 aliphatic heterocycles. The van der Waals surface area contributed by atoms with Gasteiger partial charge in [0.05, 0.1) is 24.6 Å². The molecule has 0 spiro atoms. The van der Waals surface area contributed by atoms with Crippen LogP contribution in [0.4, 0.5) is 0 Å². The standard InChI is InChI=1S/C29H39N3O8/c1-12(28(2,3)4)31-11-14-10-17(33)19-15(24(14)40-7)8-13-9-16-21(32(5)6)23(35)20(27(30)38)26(37)29(16,39)25(36)18(13)22(19)34/h10,12-13,16,18,20-21,31,33,39H,8-9,11H2,1-7H3,(H2,30,38)/t12-,13+,16+,18?,20?,21+,29+/m1/s1. The van der Waals surface area contributed by atoms with Gasteiger partial charge in [0.15, 0.2) is 34.7 Å². The number of nitrogens with one attached hydrogen (secondary N) is 1. The van der Waals surface area contributed by atoms with E-state index in [1.165, 1.54) is 18.1 Å². The van der Waals surface area contributed by atoms with Gasteiger partial charge in [-0.1, -0.05) is 20.8 Å². The maximum atomic E-state index is 13.9. The molecule has 2 saturated carbocycles. The summed E-state index contributed by atoms with van der Waals surface area (Å²) in [5.41, 5.74) is 3.57. The average Bonchev–Trinajstić information content (AvgIpc) is 2.83. The van der Waals surface area contributed by atoms with Crippen LogP contribution in [0.25, 0.3) is 0 Å². The number of benzene rings is 1. The monoisotopic (exact) mass is 557 g/mol. The van der Waals surface area contributed by atoms with Crippen LogP contribution in [-0.2, 0) is 32.1 Å². The van der Waals surface area contributed by atoms with Gasteiger partial charge in [0.2, 0.25) is 5.91 Å². The van der Waals surface area contributed by atoms with Crippen LogP contribution >= 0.6 is 0 Å². The van der Waals surface area contributed by atoms with E-state index < -0.39 is 64.4 Å². The zero-order valence-electron chi connectivity index (χ0n) is 24.0. The second kappa shape index (κ2) is 10.0. The Bertz CT molecular complexity index is 1300. The Morgan fingerprint density at radius 3 is 2.38 bits per heavy atom. The van der Waals surface area contributed by atoms with Gasteiger partial charge in [0.1, 0.15) is 11.5 Å². The van der Waals surface area contributed by atoms with Crippen LogP contribution in [0.3, 0.4) is 0 Å². The molecule has 0 bridgehead atoms. The van der Waals surface area contributed by atoms with Gasteiger partial charge in [-0.3, -0.25) is 28.9 Å². The molecular weight excluding hydrogens is 518 g/mol. The summed E-state index contributed by atoms with van der Waals surface area (Å²) in [5.74, 6) is -10.3. The number of phenolic OH excluding ortho intramolecular Hbond substituents is 1. The quantitative estimate of drug-likeness (QED) is 0.358. The van der Waals surface area contributed by atoms with Gasteiger partial charge in [-0.25, -0.2) is 0 Å². The first kappa shape index (κ1) is 29.8. The van der Waals surface area contributed by atoms with Gasteiger partial charge in [-0.05, 0) is 51.3 Å². The lowest BCUT2D eigenvalue weighted by Crippen LogP contribution is -2.74. The highest BCUT2D eigenvalue weighted by atomic mass is 16.5. The Hall–Kier alpha value is -3.15. The summed E-state index contributed by atoms with van der Waals surface area (Å²) < 4.78 is 5.73. The SMILES string of the molecule is COc1c(CN[C@H](C)C(C)(C)C)cc(O)c2c1C[C@H]1C[C@H]3[C@H](N(C)C)C(=O)C(C(N)=O)C(=O)[C@@]3(O)C(=O)C1C2=O. The summed E-state index contributed by atoms with van der Waals surface area (Å²) in [6.07, 6.45) is 0.128. The van der Waals surface area contributed by atoms with Crippen LogP contribution in [0.15, 0.2) is 6.07 Å². The van der Waals surface area contributed by atoms with Crippen molar-refractivity contribution < 1.29 is 38.9 Å². The molecule has 2 unspecified atom stereocenters. The number of hydrogen-bond acceptors (Lipinski definition) is 10. The largest absolute Gasteiger partial charge is 0.507 e. The minimum atomic E-state index is -2.75. The van der Waals surface area contributed by atoms with Crippen molar-refractivity contribution in [2.24, 2.45) is 34.8 Å². The third-order valence-corrected chi connectivity index (χ3v) is 9.19. The second-order valence-corrected chi connectivity index (χ2v) is 12.7. The van der Waals surface area contributed by atoms with E-state index in [1.54, 1.807) is 14.1 Å². The smallest absolute Gasteiger partial charge is 0.235 e. The molecule has 3 aliphatic rings. The number of Topliss-reactive ketones (excluding diaryl/α,β-unsaturated/α-hetero) is 4. The van der Waals surface area contributed by atoms with Crippen LogP contribution in [-0.4, -0.2) is 83.0 Å². The van der Waals surface area contributed by atoms with Crippen molar-refractivity contribution in [1.82, 2.24) is 10.2 Å². The highest BCUT2D eigenvalue weighted by molar-refractivity contribution is 6.32. The second-order valence-electron chi connectivity index (χ2n) is 12.7. The molecule has 1 aromatic carbocycles. The first-order valence-corrected chi connectivity index (χ1v) is 13.5. The normalized spacial score (nSPS) is 31.0. The summed E-state index contributed by atoms with van der Waals surface area (Å²) >= 11 is 0. The Kier molecular flexibility index (Phi) is 7.49. The summed E-state index contributed by atoms with van der Waals surface area (Å²) in [6, 6.07) is 0.397. The summed E-state index contributed by atoms with van der Waals surface area (Å²) in [7, 11) is 4.57. The zero-order chi connectivity index (χ0) is 30.1. The molecule has 3 aliphatic carbocycles. The van der Waals surface area contributed by atoms with Crippen LogP contribution in [0, 0.1) is 29.1 Å². The fourth-order valence-electron chi connectivity index (χ4n) is 6.67. The first-order valence-electron chi connectivity index (χ1n) is 13.5. The van der Waals surface area contributed by atoms with Gasteiger partial charge in [-0.2, -0.15) is 0 Å². The van der Waals surface area contributed by atoms with E-state index in [0.717, 1.165) is 0 Å². The summed E-state index contributed by atoms with van der Waals surface area (Å²) in [5, 5.41) is 26.1. The molecule has 11 heteroatoms. The molecule has 2 fully saturated rings. The number of amides is 1. The predicted octanol–water partition coefficient (Wildman–Crippen LogP) is 0.400. The van der Waals surface area contributed by atoms with Crippen LogP contribution in [0.1, 0.15) is 55.6 Å². The van der Waals surface area contributed by atoms with Gasteiger partial charge >= 0.3 is 0 Å². The average molecular weight is 558 g/mol. The molecular formula is C29H39N3O8. The fourth-order valence-corrected chi connectivity index (χ4v) is 6.67. The van der Waals surface area contributed by atoms with Crippen LogP contribution in [0.5, 0.6) is 11.5 Å². The lowest BCUT2D eigenvalue weighted by Gasteiger charge is -2.52. The number of phenols is 1. The lowest BCUT2D eigenvalue weighted by molar-refractivity contribution is -0.181. The van der Waals surface area contributed by atoms with Gasteiger partial charge in [0.25, 0.3) is 0 Å². The van der Waals surface area contributed by atoms with Crippen molar-refractivity contribution in [3.05, 3.63) is 22.8 Å². The van der Waals surface area contributed by atoms with Crippen molar-refractivity contribution in [2.75, 3.05) is 21.2 Å². The van der Waals surface area contributed by atoms with Crippen molar-refractivity contribution in [1.29, 1.82) is 0 Å². The van der Waals surface area contributed by atoms with E-state index in [1.807, 2.05) is 6.92 Å². The fraction of sp³-hybridized carbons (Fsp3) is 0.621. The molecule has 0 radical (unpaired) electrons. The number of aliphatic hydroxyl groups is 1. The van der Waals surface area contributed by atoms with Crippen molar-refractivity contribution in [3.63, 3.8) is 0 Å². The minimum absolute atomic E-state index is 0.0165. The van der Waals surface area contributed by atoms with Crippen molar-refractivity contribution in [2.45, 2.75) is 64.8 Å². The first-order chi connectivity index (χ1) is 18.5. The van der Waals surface area contributed by atoms with Crippen LogP contribution < -0.4 is 15.8 Å².